The van der Waals surface area contributed by atoms with Crippen molar-refractivity contribution in [2.45, 2.75) is 26.1 Å². The van der Waals surface area contributed by atoms with Gasteiger partial charge in [-0.15, -0.1) is 11.3 Å². The molecule has 6 heteroatoms. The molecule has 1 aromatic heterocycles. The van der Waals surface area contributed by atoms with E-state index in [4.69, 9.17) is 0 Å². The SMILES string of the molecule is CC(C(=O)NCc1ccc(F)cc1)N1CCN(Cc2cccs2)CC1. The Morgan fingerprint density at radius 2 is 1.92 bits per heavy atom. The summed E-state index contributed by atoms with van der Waals surface area (Å²) in [5, 5.41) is 5.06. The summed E-state index contributed by atoms with van der Waals surface area (Å²) in [7, 11) is 0. The zero-order valence-electron chi connectivity index (χ0n) is 14.5. The number of hydrogen-bond donors (Lipinski definition) is 1. The fourth-order valence-corrected chi connectivity index (χ4v) is 3.78. The van der Waals surface area contributed by atoms with Crippen molar-refractivity contribution in [1.29, 1.82) is 0 Å². The number of hydrogen-bond acceptors (Lipinski definition) is 4. The number of carbonyl (C=O) groups is 1. The summed E-state index contributed by atoms with van der Waals surface area (Å²) < 4.78 is 12.9. The van der Waals surface area contributed by atoms with Gasteiger partial charge in [0.1, 0.15) is 5.82 Å². The molecule has 2 heterocycles. The van der Waals surface area contributed by atoms with Crippen molar-refractivity contribution in [3.63, 3.8) is 0 Å². The van der Waals surface area contributed by atoms with Crippen LogP contribution in [0.15, 0.2) is 41.8 Å². The van der Waals surface area contributed by atoms with E-state index >= 15 is 0 Å². The molecule has 3 rings (SSSR count). The lowest BCUT2D eigenvalue weighted by molar-refractivity contribution is -0.126. The van der Waals surface area contributed by atoms with Crippen LogP contribution in [0.1, 0.15) is 17.4 Å². The minimum atomic E-state index is -0.260. The van der Waals surface area contributed by atoms with Crippen LogP contribution < -0.4 is 5.32 Å². The van der Waals surface area contributed by atoms with Crippen molar-refractivity contribution in [2.24, 2.45) is 0 Å². The minimum Gasteiger partial charge on any atom is -0.351 e. The van der Waals surface area contributed by atoms with Crippen molar-refractivity contribution in [1.82, 2.24) is 15.1 Å². The summed E-state index contributed by atoms with van der Waals surface area (Å²) >= 11 is 1.79. The van der Waals surface area contributed by atoms with E-state index in [-0.39, 0.29) is 17.8 Å². The summed E-state index contributed by atoms with van der Waals surface area (Å²) in [6.45, 7) is 7.14. The quantitative estimate of drug-likeness (QED) is 0.859. The molecule has 1 aliphatic rings. The number of rotatable bonds is 6. The summed E-state index contributed by atoms with van der Waals surface area (Å²) in [4.78, 5) is 18.4. The Hall–Kier alpha value is -1.76. The highest BCUT2D eigenvalue weighted by Gasteiger charge is 2.25. The Kier molecular flexibility index (Phi) is 6.18. The predicted molar refractivity (Wildman–Crippen MR) is 98.9 cm³/mol. The number of carbonyl (C=O) groups excluding carboxylic acids is 1. The van der Waals surface area contributed by atoms with Crippen molar-refractivity contribution >= 4 is 17.2 Å². The maximum absolute atomic E-state index is 12.9. The van der Waals surface area contributed by atoms with Gasteiger partial charge in [-0.25, -0.2) is 4.39 Å². The largest absolute Gasteiger partial charge is 0.351 e. The standard InChI is InChI=1S/C19H24FN3OS/c1-15(19(24)21-13-16-4-6-17(20)7-5-16)23-10-8-22(9-11-23)14-18-3-2-12-25-18/h2-7,12,15H,8-11,13-14H2,1H3,(H,21,24). The first-order valence-electron chi connectivity index (χ1n) is 8.63. The number of thiophene rings is 1. The van der Waals surface area contributed by atoms with E-state index in [0.29, 0.717) is 6.54 Å². The molecule has 0 radical (unpaired) electrons. The molecule has 134 valence electrons. The van der Waals surface area contributed by atoms with Gasteiger partial charge in [-0.05, 0) is 36.1 Å². The van der Waals surface area contributed by atoms with Crippen molar-refractivity contribution in [3.05, 3.63) is 58.0 Å². The summed E-state index contributed by atoms with van der Waals surface area (Å²) in [6, 6.07) is 10.3. The molecule has 1 aliphatic heterocycles. The monoisotopic (exact) mass is 361 g/mol. The van der Waals surface area contributed by atoms with Crippen LogP contribution in [-0.4, -0.2) is 47.9 Å². The molecule has 25 heavy (non-hydrogen) atoms. The van der Waals surface area contributed by atoms with E-state index in [2.05, 4.69) is 32.6 Å². The summed E-state index contributed by atoms with van der Waals surface area (Å²) in [5.41, 5.74) is 0.905. The van der Waals surface area contributed by atoms with Crippen molar-refractivity contribution in [3.8, 4) is 0 Å². The Bertz CT molecular complexity index is 666. The molecule has 1 unspecified atom stereocenters. The van der Waals surface area contributed by atoms with E-state index in [0.717, 1.165) is 38.3 Å². The minimum absolute atomic E-state index is 0.0241. The van der Waals surface area contributed by atoms with Crippen molar-refractivity contribution < 1.29 is 9.18 Å². The van der Waals surface area contributed by atoms with Gasteiger partial charge in [-0.3, -0.25) is 14.6 Å². The van der Waals surface area contributed by atoms with Crippen LogP contribution in [-0.2, 0) is 17.9 Å². The second-order valence-corrected chi connectivity index (χ2v) is 7.44. The number of nitrogens with one attached hydrogen (secondary N) is 1. The first-order chi connectivity index (χ1) is 12.1. The maximum atomic E-state index is 12.9. The normalized spacial score (nSPS) is 17.4. The average Bonchev–Trinajstić information content (AvgIpc) is 3.14. The molecule has 2 aromatic rings. The highest BCUT2D eigenvalue weighted by molar-refractivity contribution is 7.09. The summed E-state index contributed by atoms with van der Waals surface area (Å²) in [6.07, 6.45) is 0. The zero-order chi connectivity index (χ0) is 17.6. The summed E-state index contributed by atoms with van der Waals surface area (Å²) in [5.74, 6) is -0.236. The molecule has 1 fully saturated rings. The zero-order valence-corrected chi connectivity index (χ0v) is 15.3. The van der Waals surface area contributed by atoms with Crippen LogP contribution in [0.5, 0.6) is 0 Å². The third-order valence-corrected chi connectivity index (χ3v) is 5.53. The second kappa shape index (κ2) is 8.56. The highest BCUT2D eigenvalue weighted by Crippen LogP contribution is 2.14. The number of piperazine rings is 1. The van der Waals surface area contributed by atoms with Gasteiger partial charge in [0.15, 0.2) is 0 Å². The first-order valence-corrected chi connectivity index (χ1v) is 9.51. The van der Waals surface area contributed by atoms with Crippen LogP contribution in [0.3, 0.4) is 0 Å². The lowest BCUT2D eigenvalue weighted by Gasteiger charge is -2.37. The van der Waals surface area contributed by atoms with E-state index in [1.807, 2.05) is 6.92 Å². The molecule has 1 aromatic carbocycles. The molecule has 1 N–H and O–H groups in total. The highest BCUT2D eigenvalue weighted by atomic mass is 32.1. The Morgan fingerprint density at radius 1 is 1.20 bits per heavy atom. The molecular formula is C19H24FN3OS. The van der Waals surface area contributed by atoms with E-state index in [9.17, 15) is 9.18 Å². The fourth-order valence-electron chi connectivity index (χ4n) is 3.04. The van der Waals surface area contributed by atoms with Gasteiger partial charge in [-0.1, -0.05) is 18.2 Å². The molecule has 1 atom stereocenters. The van der Waals surface area contributed by atoms with E-state index < -0.39 is 0 Å². The molecule has 0 spiro atoms. The molecule has 0 bridgehead atoms. The van der Waals surface area contributed by atoms with Gasteiger partial charge < -0.3 is 5.32 Å². The van der Waals surface area contributed by atoms with Crippen LogP contribution in [0.2, 0.25) is 0 Å². The number of benzene rings is 1. The van der Waals surface area contributed by atoms with Crippen LogP contribution >= 0.6 is 11.3 Å². The smallest absolute Gasteiger partial charge is 0.237 e. The predicted octanol–water partition coefficient (Wildman–Crippen LogP) is 2.71. The third kappa shape index (κ3) is 5.11. The Balaban J connectivity index is 1.42. The Labute approximate surface area is 152 Å². The van der Waals surface area contributed by atoms with Crippen molar-refractivity contribution in [2.75, 3.05) is 26.2 Å². The maximum Gasteiger partial charge on any atom is 0.237 e. The van der Waals surface area contributed by atoms with Gasteiger partial charge in [0.25, 0.3) is 0 Å². The number of halogens is 1. The van der Waals surface area contributed by atoms with Gasteiger partial charge >= 0.3 is 0 Å². The van der Waals surface area contributed by atoms with Gasteiger partial charge in [0.05, 0.1) is 6.04 Å². The Morgan fingerprint density at radius 3 is 2.56 bits per heavy atom. The molecular weight excluding hydrogens is 337 g/mol. The number of amides is 1. The molecule has 0 saturated carbocycles. The molecule has 4 nitrogen and oxygen atoms in total. The molecule has 1 amide bonds. The van der Waals surface area contributed by atoms with Crippen LogP contribution in [0.25, 0.3) is 0 Å². The average molecular weight is 361 g/mol. The first kappa shape index (κ1) is 18.0. The topological polar surface area (TPSA) is 35.6 Å². The third-order valence-electron chi connectivity index (χ3n) is 4.67. The van der Waals surface area contributed by atoms with Gasteiger partial charge in [0.2, 0.25) is 5.91 Å². The lowest BCUT2D eigenvalue weighted by atomic mass is 10.2. The number of nitrogens with zero attached hydrogens (tertiary/aromatic N) is 2. The van der Waals surface area contributed by atoms with E-state index in [1.54, 1.807) is 23.5 Å². The second-order valence-electron chi connectivity index (χ2n) is 6.41. The fraction of sp³-hybridized carbons (Fsp3) is 0.421. The lowest BCUT2D eigenvalue weighted by Crippen LogP contribution is -2.53. The van der Waals surface area contributed by atoms with Gasteiger partial charge in [0, 0.05) is 44.1 Å². The molecule has 0 aliphatic carbocycles. The van der Waals surface area contributed by atoms with E-state index in [1.165, 1.54) is 17.0 Å². The van der Waals surface area contributed by atoms with Crippen LogP contribution in [0.4, 0.5) is 4.39 Å². The molecule has 1 saturated heterocycles. The van der Waals surface area contributed by atoms with Crippen LogP contribution in [0, 0.1) is 5.82 Å². The van der Waals surface area contributed by atoms with Gasteiger partial charge in [-0.2, -0.15) is 0 Å².